The van der Waals surface area contributed by atoms with Gasteiger partial charge in [-0.1, -0.05) is 30.7 Å². The quantitative estimate of drug-likeness (QED) is 0.904. The molecular formula is C17H20N2. The van der Waals surface area contributed by atoms with Crippen LogP contribution in [-0.2, 0) is 0 Å². The molecule has 0 saturated heterocycles. The van der Waals surface area contributed by atoms with Gasteiger partial charge in [0, 0.05) is 6.20 Å². The lowest BCUT2D eigenvalue weighted by Gasteiger charge is -2.26. The summed E-state index contributed by atoms with van der Waals surface area (Å²) in [4.78, 5) is 4.40. The lowest BCUT2D eigenvalue weighted by Crippen LogP contribution is -2.15. The highest BCUT2D eigenvalue weighted by Gasteiger charge is 2.20. The highest BCUT2D eigenvalue weighted by atomic mass is 14.8. The Balaban J connectivity index is 1.88. The van der Waals surface area contributed by atoms with Gasteiger partial charge in [-0.05, 0) is 54.5 Å². The van der Waals surface area contributed by atoms with E-state index in [-0.39, 0.29) is 6.04 Å². The minimum Gasteiger partial charge on any atom is -0.319 e. The van der Waals surface area contributed by atoms with Gasteiger partial charge in [0.2, 0.25) is 0 Å². The molecule has 2 N–H and O–H groups in total. The van der Waals surface area contributed by atoms with Gasteiger partial charge >= 0.3 is 0 Å². The van der Waals surface area contributed by atoms with Gasteiger partial charge < -0.3 is 5.73 Å². The second-order valence-electron chi connectivity index (χ2n) is 5.53. The van der Waals surface area contributed by atoms with Gasteiger partial charge in [0.15, 0.2) is 0 Å². The van der Waals surface area contributed by atoms with E-state index in [1.54, 1.807) is 0 Å². The molecule has 1 aliphatic carbocycles. The number of nitrogens with zero attached hydrogens (tertiary/aromatic N) is 1. The predicted octanol–water partition coefficient (Wildman–Crippen LogP) is 3.71. The number of benzene rings is 1. The third-order valence-electron chi connectivity index (χ3n) is 4.10. The van der Waals surface area contributed by atoms with Crippen molar-refractivity contribution < 1.29 is 0 Å². The molecule has 1 heterocycles. The molecule has 0 radical (unpaired) electrons. The Morgan fingerprint density at radius 2 is 2.05 bits per heavy atom. The summed E-state index contributed by atoms with van der Waals surface area (Å²) in [6.07, 6.45) is 5.84. The molecule has 2 aromatic rings. The number of rotatable bonds is 3. The fourth-order valence-electron chi connectivity index (χ4n) is 2.65. The summed E-state index contributed by atoms with van der Waals surface area (Å²) in [5.74, 6) is 0.748. The summed E-state index contributed by atoms with van der Waals surface area (Å²) in [6, 6.07) is 12.7. The topological polar surface area (TPSA) is 38.9 Å². The molecule has 1 atom stereocenters. The largest absolute Gasteiger partial charge is 0.319 e. The molecule has 2 heteroatoms. The molecule has 1 fully saturated rings. The first-order valence-corrected chi connectivity index (χ1v) is 7.02. The Morgan fingerprint density at radius 3 is 2.74 bits per heavy atom. The van der Waals surface area contributed by atoms with Crippen LogP contribution >= 0.6 is 0 Å². The van der Waals surface area contributed by atoms with Crippen molar-refractivity contribution in [1.82, 2.24) is 4.98 Å². The van der Waals surface area contributed by atoms with Crippen LogP contribution in [0.1, 0.15) is 53.6 Å². The first-order chi connectivity index (χ1) is 9.24. The maximum Gasteiger partial charge on any atom is 0.0726 e. The molecule has 0 spiro atoms. The average molecular weight is 252 g/mol. The van der Waals surface area contributed by atoms with Gasteiger partial charge in [-0.3, -0.25) is 4.98 Å². The maximum absolute atomic E-state index is 6.35. The summed E-state index contributed by atoms with van der Waals surface area (Å²) in [6.45, 7) is 2.07. The van der Waals surface area contributed by atoms with E-state index in [2.05, 4.69) is 42.2 Å². The second kappa shape index (κ2) is 5.14. The number of hydrogen-bond donors (Lipinski definition) is 1. The fraction of sp³-hybridized carbons (Fsp3) is 0.353. The van der Waals surface area contributed by atoms with Crippen LogP contribution in [0.15, 0.2) is 42.6 Å². The van der Waals surface area contributed by atoms with E-state index < -0.39 is 0 Å². The first-order valence-electron chi connectivity index (χ1n) is 7.02. The molecule has 1 aromatic carbocycles. The van der Waals surface area contributed by atoms with Crippen molar-refractivity contribution in [3.8, 4) is 0 Å². The SMILES string of the molecule is Cc1ccnc(C(N)c2cccc(C3CCC3)c2)c1. The Kier molecular flexibility index (Phi) is 3.34. The Bertz CT molecular complexity index is 573. The van der Waals surface area contributed by atoms with Gasteiger partial charge in [-0.15, -0.1) is 0 Å². The highest BCUT2D eigenvalue weighted by molar-refractivity contribution is 5.34. The van der Waals surface area contributed by atoms with Crippen LogP contribution in [0.5, 0.6) is 0 Å². The molecule has 0 bridgehead atoms. The number of pyridine rings is 1. The Hall–Kier alpha value is -1.67. The monoisotopic (exact) mass is 252 g/mol. The molecule has 1 unspecified atom stereocenters. The molecule has 0 amide bonds. The fourth-order valence-corrected chi connectivity index (χ4v) is 2.65. The normalized spacial score (nSPS) is 16.9. The van der Waals surface area contributed by atoms with Crippen LogP contribution < -0.4 is 5.73 Å². The molecule has 19 heavy (non-hydrogen) atoms. The van der Waals surface area contributed by atoms with Crippen LogP contribution in [0.3, 0.4) is 0 Å². The Morgan fingerprint density at radius 1 is 1.21 bits per heavy atom. The lowest BCUT2D eigenvalue weighted by atomic mass is 9.79. The summed E-state index contributed by atoms with van der Waals surface area (Å²) in [7, 11) is 0. The van der Waals surface area contributed by atoms with Gasteiger partial charge in [-0.25, -0.2) is 0 Å². The van der Waals surface area contributed by atoms with Gasteiger partial charge in [-0.2, -0.15) is 0 Å². The van der Waals surface area contributed by atoms with Crippen LogP contribution in [0.2, 0.25) is 0 Å². The third-order valence-corrected chi connectivity index (χ3v) is 4.10. The minimum atomic E-state index is -0.125. The molecule has 98 valence electrons. The second-order valence-corrected chi connectivity index (χ2v) is 5.53. The van der Waals surface area contributed by atoms with Crippen LogP contribution in [0.4, 0.5) is 0 Å². The molecule has 1 saturated carbocycles. The molecule has 1 aromatic heterocycles. The van der Waals surface area contributed by atoms with E-state index in [1.165, 1.54) is 36.0 Å². The molecule has 0 aliphatic heterocycles. The van der Waals surface area contributed by atoms with E-state index in [1.807, 2.05) is 12.3 Å². The van der Waals surface area contributed by atoms with E-state index in [0.29, 0.717) is 0 Å². The summed E-state index contributed by atoms with van der Waals surface area (Å²) < 4.78 is 0. The summed E-state index contributed by atoms with van der Waals surface area (Å²) in [5, 5.41) is 0. The highest BCUT2D eigenvalue weighted by Crippen LogP contribution is 2.37. The number of aryl methyl sites for hydroxylation is 1. The zero-order chi connectivity index (χ0) is 13.2. The van der Waals surface area contributed by atoms with Crippen molar-refractivity contribution in [2.45, 2.75) is 38.1 Å². The number of aromatic nitrogens is 1. The van der Waals surface area contributed by atoms with Crippen LogP contribution in [0.25, 0.3) is 0 Å². The van der Waals surface area contributed by atoms with E-state index in [4.69, 9.17) is 5.73 Å². The Labute approximate surface area is 114 Å². The third kappa shape index (κ3) is 2.54. The average Bonchev–Trinajstić information content (AvgIpc) is 2.36. The zero-order valence-electron chi connectivity index (χ0n) is 11.3. The van der Waals surface area contributed by atoms with Crippen molar-refractivity contribution >= 4 is 0 Å². The smallest absolute Gasteiger partial charge is 0.0726 e. The number of nitrogens with two attached hydrogens (primary N) is 1. The molecule has 3 rings (SSSR count). The maximum atomic E-state index is 6.35. The van der Waals surface area contributed by atoms with Gasteiger partial charge in [0.1, 0.15) is 0 Å². The first kappa shape index (κ1) is 12.4. The van der Waals surface area contributed by atoms with Gasteiger partial charge in [0.05, 0.1) is 11.7 Å². The van der Waals surface area contributed by atoms with Crippen molar-refractivity contribution in [3.63, 3.8) is 0 Å². The summed E-state index contributed by atoms with van der Waals surface area (Å²) in [5.41, 5.74) is 11.1. The summed E-state index contributed by atoms with van der Waals surface area (Å²) >= 11 is 0. The van der Waals surface area contributed by atoms with E-state index in [0.717, 1.165) is 11.6 Å². The van der Waals surface area contributed by atoms with Crippen molar-refractivity contribution in [1.29, 1.82) is 0 Å². The molecular weight excluding hydrogens is 232 g/mol. The zero-order valence-corrected chi connectivity index (χ0v) is 11.3. The predicted molar refractivity (Wildman–Crippen MR) is 78.0 cm³/mol. The van der Waals surface area contributed by atoms with E-state index in [9.17, 15) is 0 Å². The van der Waals surface area contributed by atoms with Crippen LogP contribution in [-0.4, -0.2) is 4.98 Å². The standard InChI is InChI=1S/C17H20N2/c1-12-8-9-19-16(10-12)17(18)15-7-3-6-14(11-15)13-4-2-5-13/h3,6-11,13,17H,2,4-5,18H2,1H3. The minimum absolute atomic E-state index is 0.125. The van der Waals surface area contributed by atoms with E-state index >= 15 is 0 Å². The van der Waals surface area contributed by atoms with Gasteiger partial charge in [0.25, 0.3) is 0 Å². The van der Waals surface area contributed by atoms with Crippen molar-refractivity contribution in [2.75, 3.05) is 0 Å². The van der Waals surface area contributed by atoms with Crippen LogP contribution in [0, 0.1) is 6.92 Å². The number of hydrogen-bond acceptors (Lipinski definition) is 2. The lowest BCUT2D eigenvalue weighted by molar-refractivity contribution is 0.419. The molecule has 1 aliphatic rings. The van der Waals surface area contributed by atoms with Crippen molar-refractivity contribution in [2.24, 2.45) is 5.73 Å². The molecule has 2 nitrogen and oxygen atoms in total. The van der Waals surface area contributed by atoms with Crippen molar-refractivity contribution in [3.05, 3.63) is 65.0 Å².